The summed E-state index contributed by atoms with van der Waals surface area (Å²) < 4.78 is 13.2. The van der Waals surface area contributed by atoms with Gasteiger partial charge < -0.3 is 14.8 Å². The molecule has 24 heavy (non-hydrogen) atoms. The van der Waals surface area contributed by atoms with Gasteiger partial charge in [-0.3, -0.25) is 9.48 Å². The van der Waals surface area contributed by atoms with Gasteiger partial charge in [0.2, 0.25) is 0 Å². The first-order chi connectivity index (χ1) is 11.5. The maximum absolute atomic E-state index is 12.4. The van der Waals surface area contributed by atoms with Gasteiger partial charge in [-0.25, -0.2) is 0 Å². The first kappa shape index (κ1) is 16.4. The lowest BCUT2D eigenvalue weighted by Gasteiger charge is -2.13. The minimum absolute atomic E-state index is 0.141. The van der Waals surface area contributed by atoms with E-state index in [0.29, 0.717) is 18.7 Å². The zero-order valence-corrected chi connectivity index (χ0v) is 14.5. The molecule has 1 atom stereocenters. The highest BCUT2D eigenvalue weighted by Crippen LogP contribution is 2.35. The summed E-state index contributed by atoms with van der Waals surface area (Å²) in [6, 6.07) is 4.00. The molecule has 0 saturated heterocycles. The molecule has 6 heteroatoms. The van der Waals surface area contributed by atoms with Crippen LogP contribution in [0.25, 0.3) is 0 Å². The van der Waals surface area contributed by atoms with E-state index in [1.165, 1.54) is 0 Å². The summed E-state index contributed by atoms with van der Waals surface area (Å²) in [5, 5.41) is 7.05. The topological polar surface area (TPSA) is 65.4 Å². The van der Waals surface area contributed by atoms with E-state index in [9.17, 15) is 4.79 Å². The molecule has 0 radical (unpaired) electrons. The highest BCUT2D eigenvalue weighted by molar-refractivity contribution is 5.95. The van der Waals surface area contributed by atoms with E-state index in [-0.39, 0.29) is 12.0 Å². The third-order valence-electron chi connectivity index (χ3n) is 4.30. The highest BCUT2D eigenvalue weighted by atomic mass is 16.5. The van der Waals surface area contributed by atoms with Crippen molar-refractivity contribution in [3.8, 4) is 11.5 Å². The summed E-state index contributed by atoms with van der Waals surface area (Å²) in [5.41, 5.74) is 3.49. The molecule has 0 bridgehead atoms. The normalized spacial score (nSPS) is 15.8. The van der Waals surface area contributed by atoms with Crippen molar-refractivity contribution in [3.05, 3.63) is 40.7 Å². The maximum Gasteiger partial charge on any atom is 0.255 e. The Morgan fingerprint density at radius 1 is 1.50 bits per heavy atom. The van der Waals surface area contributed by atoms with Crippen molar-refractivity contribution in [2.45, 2.75) is 39.8 Å². The molecule has 128 valence electrons. The molecular formula is C18H23N3O3. The van der Waals surface area contributed by atoms with Crippen molar-refractivity contribution in [3.63, 3.8) is 0 Å². The van der Waals surface area contributed by atoms with Crippen LogP contribution in [0.5, 0.6) is 11.5 Å². The first-order valence-electron chi connectivity index (χ1n) is 8.21. The van der Waals surface area contributed by atoms with Crippen molar-refractivity contribution >= 4 is 5.91 Å². The van der Waals surface area contributed by atoms with Gasteiger partial charge in [0.15, 0.2) is 0 Å². The third kappa shape index (κ3) is 3.09. The summed E-state index contributed by atoms with van der Waals surface area (Å²) in [6.45, 7) is 6.84. The summed E-state index contributed by atoms with van der Waals surface area (Å²) in [7, 11) is 1.82. The van der Waals surface area contributed by atoms with E-state index in [1.807, 2.05) is 40.0 Å². The fraction of sp³-hybridized carbons (Fsp3) is 0.444. The third-order valence-corrected chi connectivity index (χ3v) is 4.30. The standard InChI is InChI=1S/C18H23N3O3/c1-5-23-16-7-13-6-11(2)24-17(13)8-14(16)9-19-18(22)15-10-20-21(4)12(15)3/h7-8,10-11H,5-6,9H2,1-4H3,(H,19,22). The van der Waals surface area contributed by atoms with Crippen LogP contribution in [0, 0.1) is 6.92 Å². The molecule has 1 aliphatic rings. The van der Waals surface area contributed by atoms with Crippen molar-refractivity contribution in [1.29, 1.82) is 0 Å². The molecule has 3 rings (SSSR count). The van der Waals surface area contributed by atoms with Crippen LogP contribution in [0.3, 0.4) is 0 Å². The number of aryl methyl sites for hydroxylation is 1. The fourth-order valence-electron chi connectivity index (χ4n) is 2.90. The second-order valence-electron chi connectivity index (χ2n) is 6.08. The van der Waals surface area contributed by atoms with Gasteiger partial charge in [0.1, 0.15) is 17.6 Å². The van der Waals surface area contributed by atoms with Crippen LogP contribution in [0.1, 0.15) is 41.0 Å². The number of ether oxygens (including phenoxy) is 2. The number of hydrogen-bond acceptors (Lipinski definition) is 4. The summed E-state index contributed by atoms with van der Waals surface area (Å²) >= 11 is 0. The zero-order valence-electron chi connectivity index (χ0n) is 14.5. The smallest absolute Gasteiger partial charge is 0.255 e. The molecule has 6 nitrogen and oxygen atoms in total. The Morgan fingerprint density at radius 3 is 2.96 bits per heavy atom. The maximum atomic E-state index is 12.4. The van der Waals surface area contributed by atoms with Gasteiger partial charge in [-0.05, 0) is 32.9 Å². The number of nitrogens with one attached hydrogen (secondary N) is 1. The van der Waals surface area contributed by atoms with Crippen molar-refractivity contribution in [1.82, 2.24) is 15.1 Å². The van der Waals surface area contributed by atoms with E-state index < -0.39 is 0 Å². The second kappa shape index (κ2) is 6.55. The number of amides is 1. The lowest BCUT2D eigenvalue weighted by atomic mass is 10.1. The predicted octanol–water partition coefficient (Wildman–Crippen LogP) is 2.38. The van der Waals surface area contributed by atoms with Crippen LogP contribution in [0.4, 0.5) is 0 Å². The SMILES string of the molecule is CCOc1cc2c(cc1CNC(=O)c1cnn(C)c1C)OC(C)C2. The van der Waals surface area contributed by atoms with E-state index in [4.69, 9.17) is 9.47 Å². The molecule has 0 spiro atoms. The van der Waals surface area contributed by atoms with Gasteiger partial charge in [0.05, 0.1) is 18.4 Å². The lowest BCUT2D eigenvalue weighted by molar-refractivity contribution is 0.0950. The Kier molecular flexibility index (Phi) is 4.46. The van der Waals surface area contributed by atoms with Crippen LogP contribution >= 0.6 is 0 Å². The average Bonchev–Trinajstić information content (AvgIpc) is 3.07. The van der Waals surface area contributed by atoms with Crippen molar-refractivity contribution < 1.29 is 14.3 Å². The quantitative estimate of drug-likeness (QED) is 0.915. The number of aromatic nitrogens is 2. The highest BCUT2D eigenvalue weighted by Gasteiger charge is 2.22. The minimum Gasteiger partial charge on any atom is -0.494 e. The molecular weight excluding hydrogens is 306 g/mol. The molecule has 1 amide bonds. The largest absolute Gasteiger partial charge is 0.494 e. The Labute approximate surface area is 141 Å². The minimum atomic E-state index is -0.141. The number of nitrogens with zero attached hydrogens (tertiary/aromatic N) is 2. The van der Waals surface area contributed by atoms with Crippen LogP contribution < -0.4 is 14.8 Å². The number of rotatable bonds is 5. The van der Waals surface area contributed by atoms with E-state index >= 15 is 0 Å². The van der Waals surface area contributed by atoms with Gasteiger partial charge in [-0.1, -0.05) is 0 Å². The number of hydrogen-bond donors (Lipinski definition) is 1. The molecule has 1 aromatic carbocycles. The Bertz CT molecular complexity index is 767. The predicted molar refractivity (Wildman–Crippen MR) is 90.5 cm³/mol. The summed E-state index contributed by atoms with van der Waals surface area (Å²) in [6.07, 6.45) is 2.65. The molecule has 0 saturated carbocycles. The molecule has 0 fully saturated rings. The van der Waals surface area contributed by atoms with Crippen LogP contribution in [-0.4, -0.2) is 28.4 Å². The number of carbonyl (C=O) groups excluding carboxylic acids is 1. The summed E-state index contributed by atoms with van der Waals surface area (Å²) in [4.78, 5) is 12.4. The van der Waals surface area contributed by atoms with Gasteiger partial charge in [-0.15, -0.1) is 0 Å². The van der Waals surface area contributed by atoms with Crippen LogP contribution in [0.2, 0.25) is 0 Å². The number of fused-ring (bicyclic) bond motifs is 1. The molecule has 1 aliphatic heterocycles. The second-order valence-corrected chi connectivity index (χ2v) is 6.08. The molecule has 0 aliphatic carbocycles. The Balaban J connectivity index is 1.78. The van der Waals surface area contributed by atoms with E-state index in [0.717, 1.165) is 34.7 Å². The van der Waals surface area contributed by atoms with Crippen LogP contribution in [0.15, 0.2) is 18.3 Å². The van der Waals surface area contributed by atoms with Gasteiger partial charge >= 0.3 is 0 Å². The number of carbonyl (C=O) groups is 1. The summed E-state index contributed by atoms with van der Waals surface area (Å²) in [5.74, 6) is 1.54. The van der Waals surface area contributed by atoms with Crippen molar-refractivity contribution in [2.75, 3.05) is 6.61 Å². The van der Waals surface area contributed by atoms with Gasteiger partial charge in [-0.2, -0.15) is 5.10 Å². The van der Waals surface area contributed by atoms with Crippen LogP contribution in [-0.2, 0) is 20.0 Å². The number of benzene rings is 1. The monoisotopic (exact) mass is 329 g/mol. The Morgan fingerprint density at radius 2 is 2.29 bits per heavy atom. The first-order valence-corrected chi connectivity index (χ1v) is 8.21. The van der Waals surface area contributed by atoms with E-state index in [1.54, 1.807) is 10.9 Å². The fourth-order valence-corrected chi connectivity index (χ4v) is 2.90. The Hall–Kier alpha value is -2.50. The molecule has 1 aromatic heterocycles. The molecule has 2 aromatic rings. The molecule has 2 heterocycles. The van der Waals surface area contributed by atoms with E-state index in [2.05, 4.69) is 10.4 Å². The lowest BCUT2D eigenvalue weighted by Crippen LogP contribution is -2.23. The molecule has 1 unspecified atom stereocenters. The van der Waals surface area contributed by atoms with Gasteiger partial charge in [0.25, 0.3) is 5.91 Å². The zero-order chi connectivity index (χ0) is 17.3. The van der Waals surface area contributed by atoms with Gasteiger partial charge in [0, 0.05) is 36.8 Å². The van der Waals surface area contributed by atoms with Crippen molar-refractivity contribution in [2.24, 2.45) is 7.05 Å². The average molecular weight is 329 g/mol. The molecule has 1 N–H and O–H groups in total.